The number of sulfonamides is 1. The van der Waals surface area contributed by atoms with Gasteiger partial charge in [0.25, 0.3) is 0 Å². The summed E-state index contributed by atoms with van der Waals surface area (Å²) in [5, 5.41) is -0.530. The van der Waals surface area contributed by atoms with Crippen molar-refractivity contribution in [2.75, 3.05) is 23.9 Å². The fourth-order valence-electron chi connectivity index (χ4n) is 4.12. The van der Waals surface area contributed by atoms with Crippen molar-refractivity contribution in [1.82, 2.24) is 9.88 Å². The van der Waals surface area contributed by atoms with Crippen molar-refractivity contribution in [3.05, 3.63) is 59.9 Å². The van der Waals surface area contributed by atoms with Gasteiger partial charge in [0.15, 0.2) is 0 Å². The molecule has 1 aromatic heterocycles. The molecule has 1 aromatic carbocycles. The Hall–Kier alpha value is -2.41. The minimum absolute atomic E-state index is 0.0264. The summed E-state index contributed by atoms with van der Waals surface area (Å²) < 4.78 is 28.1. The van der Waals surface area contributed by atoms with E-state index in [2.05, 4.69) is 4.98 Å². The maximum Gasteiger partial charge on any atom is 0.239 e. The van der Waals surface area contributed by atoms with E-state index in [1.54, 1.807) is 21.6 Å². The van der Waals surface area contributed by atoms with Crippen LogP contribution in [0.15, 0.2) is 48.8 Å². The number of aryl methyl sites for hydroxylation is 1. The van der Waals surface area contributed by atoms with Gasteiger partial charge in [-0.1, -0.05) is 18.2 Å². The second kappa shape index (κ2) is 7.91. The highest BCUT2D eigenvalue weighted by molar-refractivity contribution is 7.93. The number of nitrogens with zero attached hydrogens (tertiary/aromatic N) is 3. The minimum Gasteiger partial charge on any atom is -0.341 e. The smallest absolute Gasteiger partial charge is 0.239 e. The number of likely N-dealkylation sites (tertiary alicyclic amines) is 1. The molecule has 6 nitrogen and oxygen atoms in total. The molecule has 0 N–H and O–H groups in total. The van der Waals surface area contributed by atoms with Crippen molar-refractivity contribution >= 4 is 21.6 Å². The van der Waals surface area contributed by atoms with E-state index in [-0.39, 0.29) is 12.5 Å². The van der Waals surface area contributed by atoms with E-state index in [9.17, 15) is 13.2 Å². The molecule has 2 aliphatic heterocycles. The highest BCUT2D eigenvalue weighted by Crippen LogP contribution is 2.33. The van der Waals surface area contributed by atoms with Gasteiger partial charge in [0, 0.05) is 38.4 Å². The van der Waals surface area contributed by atoms with E-state index < -0.39 is 15.3 Å². The molecule has 0 spiro atoms. The molecule has 2 aliphatic rings. The minimum atomic E-state index is -3.48. The van der Waals surface area contributed by atoms with E-state index in [1.807, 2.05) is 36.4 Å². The van der Waals surface area contributed by atoms with Crippen LogP contribution >= 0.6 is 0 Å². The average molecular weight is 400 g/mol. The summed E-state index contributed by atoms with van der Waals surface area (Å²) in [6.45, 7) is 1.42. The standard InChI is InChI=1S/C21H25N3O3S/c25-21(8-7-17-9-12-22-13-10-17)23-14-3-5-19(16-23)28(26,27)24-15-11-18-4-1-2-6-20(18)24/h1-2,4,6,9-10,12-13,19H,3,5,7-8,11,14-16H2/t19-/m1/s1. The summed E-state index contributed by atoms with van der Waals surface area (Å²) >= 11 is 0. The van der Waals surface area contributed by atoms with Gasteiger partial charge in [-0.3, -0.25) is 14.1 Å². The molecule has 3 heterocycles. The second-order valence-corrected chi connectivity index (χ2v) is 9.59. The first-order chi connectivity index (χ1) is 13.6. The lowest BCUT2D eigenvalue weighted by molar-refractivity contribution is -0.131. The Morgan fingerprint density at radius 1 is 1.11 bits per heavy atom. The molecule has 0 aliphatic carbocycles. The SMILES string of the molecule is O=C(CCc1ccncc1)N1CCC[C@@H](S(=O)(=O)N2CCc3ccccc32)C1. The Balaban J connectivity index is 1.42. The number of para-hydroxylation sites is 1. The third-order valence-corrected chi connectivity index (χ3v) is 7.90. The molecular weight excluding hydrogens is 374 g/mol. The third kappa shape index (κ3) is 3.76. The van der Waals surface area contributed by atoms with Crippen molar-refractivity contribution in [2.45, 2.75) is 37.4 Å². The summed E-state index contributed by atoms with van der Waals surface area (Å²) in [7, 11) is -3.48. The fourth-order valence-corrected chi connectivity index (χ4v) is 6.11. The van der Waals surface area contributed by atoms with Crippen LogP contribution in [0.25, 0.3) is 0 Å². The summed E-state index contributed by atoms with van der Waals surface area (Å²) in [6.07, 6.45) is 6.55. The van der Waals surface area contributed by atoms with Gasteiger partial charge in [-0.25, -0.2) is 8.42 Å². The zero-order chi connectivity index (χ0) is 19.6. The molecule has 1 amide bonds. The highest BCUT2D eigenvalue weighted by atomic mass is 32.2. The number of benzene rings is 1. The maximum absolute atomic E-state index is 13.3. The Morgan fingerprint density at radius 2 is 1.89 bits per heavy atom. The number of pyridine rings is 1. The Bertz CT molecular complexity index is 946. The molecule has 28 heavy (non-hydrogen) atoms. The average Bonchev–Trinajstić information content (AvgIpc) is 3.18. The number of hydrogen-bond acceptors (Lipinski definition) is 4. The number of aromatic nitrogens is 1. The van der Waals surface area contributed by atoms with Gasteiger partial charge in [-0.2, -0.15) is 0 Å². The number of piperidine rings is 1. The number of anilines is 1. The molecule has 0 bridgehead atoms. The summed E-state index contributed by atoms with van der Waals surface area (Å²) in [5.74, 6) is 0.0264. The largest absolute Gasteiger partial charge is 0.341 e. The van der Waals surface area contributed by atoms with Gasteiger partial charge in [0.2, 0.25) is 15.9 Å². The Morgan fingerprint density at radius 3 is 2.71 bits per heavy atom. The van der Waals surface area contributed by atoms with Crippen LogP contribution in [0.2, 0.25) is 0 Å². The van der Waals surface area contributed by atoms with E-state index in [0.29, 0.717) is 32.4 Å². The summed E-state index contributed by atoms with van der Waals surface area (Å²) in [6, 6.07) is 11.5. The topological polar surface area (TPSA) is 70.6 Å². The van der Waals surface area contributed by atoms with Crippen molar-refractivity contribution in [2.24, 2.45) is 0 Å². The van der Waals surface area contributed by atoms with Crippen LogP contribution in [-0.4, -0.2) is 49.1 Å². The lowest BCUT2D eigenvalue weighted by Gasteiger charge is -2.35. The molecule has 0 radical (unpaired) electrons. The van der Waals surface area contributed by atoms with Crippen LogP contribution in [0, 0.1) is 0 Å². The second-order valence-electron chi connectivity index (χ2n) is 7.46. The first-order valence-electron chi connectivity index (χ1n) is 9.82. The summed E-state index contributed by atoms with van der Waals surface area (Å²) in [4.78, 5) is 18.4. The molecule has 4 rings (SSSR count). The van der Waals surface area contributed by atoms with Gasteiger partial charge in [0.05, 0.1) is 10.9 Å². The predicted octanol–water partition coefficient (Wildman–Crippen LogP) is 2.40. The number of carbonyl (C=O) groups excluding carboxylic acids is 1. The van der Waals surface area contributed by atoms with Crippen LogP contribution in [0.1, 0.15) is 30.4 Å². The normalized spacial score (nSPS) is 19.5. The van der Waals surface area contributed by atoms with Gasteiger partial charge < -0.3 is 4.90 Å². The van der Waals surface area contributed by atoms with Crippen LogP contribution < -0.4 is 4.31 Å². The van der Waals surface area contributed by atoms with Crippen molar-refractivity contribution in [3.63, 3.8) is 0 Å². The van der Waals surface area contributed by atoms with Crippen molar-refractivity contribution in [1.29, 1.82) is 0 Å². The molecule has 1 saturated heterocycles. The van der Waals surface area contributed by atoms with Crippen molar-refractivity contribution < 1.29 is 13.2 Å². The lowest BCUT2D eigenvalue weighted by atomic mass is 10.1. The van der Waals surface area contributed by atoms with Crippen molar-refractivity contribution in [3.8, 4) is 0 Å². The first kappa shape index (κ1) is 18.9. The number of hydrogen-bond donors (Lipinski definition) is 0. The molecular formula is C21H25N3O3S. The first-order valence-corrected chi connectivity index (χ1v) is 11.3. The fraction of sp³-hybridized carbons (Fsp3) is 0.429. The Kier molecular flexibility index (Phi) is 5.35. The maximum atomic E-state index is 13.3. The van der Waals surface area contributed by atoms with Crippen LogP contribution in [0.3, 0.4) is 0 Å². The molecule has 2 aromatic rings. The molecule has 0 saturated carbocycles. The number of rotatable bonds is 5. The quantitative estimate of drug-likeness (QED) is 0.774. The monoisotopic (exact) mass is 399 g/mol. The highest BCUT2D eigenvalue weighted by Gasteiger charge is 2.38. The van der Waals surface area contributed by atoms with E-state index >= 15 is 0 Å². The zero-order valence-electron chi connectivity index (χ0n) is 15.8. The van der Waals surface area contributed by atoms with E-state index in [4.69, 9.17) is 0 Å². The molecule has 148 valence electrons. The third-order valence-electron chi connectivity index (χ3n) is 5.68. The van der Waals surface area contributed by atoms with Gasteiger partial charge in [0.1, 0.15) is 0 Å². The van der Waals surface area contributed by atoms with Gasteiger partial charge >= 0.3 is 0 Å². The number of carbonyl (C=O) groups is 1. The molecule has 0 unspecified atom stereocenters. The summed E-state index contributed by atoms with van der Waals surface area (Å²) in [5.41, 5.74) is 2.94. The van der Waals surface area contributed by atoms with Crippen LogP contribution in [0.4, 0.5) is 5.69 Å². The molecule has 1 fully saturated rings. The van der Waals surface area contributed by atoms with E-state index in [0.717, 1.165) is 29.7 Å². The number of amides is 1. The van der Waals surface area contributed by atoms with Gasteiger partial charge in [-0.15, -0.1) is 0 Å². The molecule has 1 atom stereocenters. The number of fused-ring (bicyclic) bond motifs is 1. The van der Waals surface area contributed by atoms with E-state index in [1.165, 1.54) is 0 Å². The molecule has 7 heteroatoms. The Labute approximate surface area is 166 Å². The lowest BCUT2D eigenvalue weighted by Crippen LogP contribution is -2.49. The van der Waals surface area contributed by atoms with Crippen LogP contribution in [0.5, 0.6) is 0 Å². The predicted molar refractivity (Wildman–Crippen MR) is 109 cm³/mol. The van der Waals surface area contributed by atoms with Crippen LogP contribution in [-0.2, 0) is 27.7 Å². The van der Waals surface area contributed by atoms with Gasteiger partial charge in [-0.05, 0) is 55.0 Å². The zero-order valence-corrected chi connectivity index (χ0v) is 16.6.